The van der Waals surface area contributed by atoms with E-state index in [0.717, 1.165) is 22.0 Å². The molecule has 0 unspecified atom stereocenters. The van der Waals surface area contributed by atoms with Crippen molar-refractivity contribution in [1.82, 2.24) is 4.98 Å². The summed E-state index contributed by atoms with van der Waals surface area (Å²) in [4.78, 5) is 4.48. The normalized spacial score (nSPS) is 11.0. The smallest absolute Gasteiger partial charge is 0.0907 e. The first-order valence-electron chi connectivity index (χ1n) is 4.26. The monoisotopic (exact) mass is 211 g/mol. The van der Waals surface area contributed by atoms with Crippen LogP contribution in [0.25, 0.3) is 10.2 Å². The van der Waals surface area contributed by atoms with Gasteiger partial charge in [-0.1, -0.05) is 18.5 Å². The first-order valence-corrected chi connectivity index (χ1v) is 5.45. The number of aryl methyl sites for hydroxylation is 2. The fraction of sp³-hybridized carbons (Fsp3) is 0.300. The maximum Gasteiger partial charge on any atom is 0.0907 e. The number of hydrogen-bond donors (Lipinski definition) is 0. The van der Waals surface area contributed by atoms with E-state index in [-0.39, 0.29) is 0 Å². The summed E-state index contributed by atoms with van der Waals surface area (Å²) in [6.45, 7) is 4.15. The van der Waals surface area contributed by atoms with Gasteiger partial charge in [0.1, 0.15) is 0 Å². The van der Waals surface area contributed by atoms with Crippen LogP contribution >= 0.6 is 22.9 Å². The fourth-order valence-corrected chi connectivity index (χ4v) is 2.66. The van der Waals surface area contributed by atoms with Crippen molar-refractivity contribution in [3.05, 3.63) is 27.7 Å². The van der Waals surface area contributed by atoms with Gasteiger partial charge in [-0.25, -0.2) is 4.98 Å². The lowest BCUT2D eigenvalue weighted by Crippen LogP contribution is -1.82. The van der Waals surface area contributed by atoms with Gasteiger partial charge in [-0.3, -0.25) is 0 Å². The van der Waals surface area contributed by atoms with E-state index in [2.05, 4.69) is 11.9 Å². The van der Waals surface area contributed by atoms with Crippen LogP contribution in [0.15, 0.2) is 12.1 Å². The van der Waals surface area contributed by atoms with Gasteiger partial charge in [-0.2, -0.15) is 0 Å². The summed E-state index contributed by atoms with van der Waals surface area (Å²) in [5.74, 6) is 0. The molecule has 0 N–H and O–H groups in total. The van der Waals surface area contributed by atoms with E-state index >= 15 is 0 Å². The van der Waals surface area contributed by atoms with E-state index in [4.69, 9.17) is 11.6 Å². The van der Waals surface area contributed by atoms with Gasteiger partial charge in [0.15, 0.2) is 0 Å². The molecule has 13 heavy (non-hydrogen) atoms. The van der Waals surface area contributed by atoms with Gasteiger partial charge in [0, 0.05) is 5.02 Å². The molecule has 2 aromatic rings. The van der Waals surface area contributed by atoms with Gasteiger partial charge in [0.05, 0.1) is 15.2 Å². The van der Waals surface area contributed by atoms with Gasteiger partial charge in [0.2, 0.25) is 0 Å². The summed E-state index contributed by atoms with van der Waals surface area (Å²) >= 11 is 7.69. The van der Waals surface area contributed by atoms with Crippen LogP contribution in [0.5, 0.6) is 0 Å². The van der Waals surface area contributed by atoms with Crippen LogP contribution in [0.4, 0.5) is 0 Å². The Kier molecular flexibility index (Phi) is 2.26. The van der Waals surface area contributed by atoms with Crippen LogP contribution in [-0.4, -0.2) is 4.98 Å². The van der Waals surface area contributed by atoms with E-state index < -0.39 is 0 Å². The standard InChI is InChI=1S/C10H10ClNS/c1-3-7-4-8(11)5-9-10(7)12-6(2)13-9/h4-5H,3H2,1-2H3. The molecule has 1 aromatic heterocycles. The lowest BCUT2D eigenvalue weighted by atomic mass is 10.1. The number of nitrogens with zero attached hydrogens (tertiary/aromatic N) is 1. The third-order valence-corrected chi connectivity index (χ3v) is 3.16. The summed E-state index contributed by atoms with van der Waals surface area (Å²) in [7, 11) is 0. The van der Waals surface area contributed by atoms with Crippen LogP contribution in [0, 0.1) is 6.92 Å². The molecule has 0 aliphatic heterocycles. The zero-order chi connectivity index (χ0) is 9.42. The predicted molar refractivity (Wildman–Crippen MR) is 58.7 cm³/mol. The predicted octanol–water partition coefficient (Wildman–Crippen LogP) is 3.82. The first-order chi connectivity index (χ1) is 6.20. The Morgan fingerprint density at radius 2 is 2.23 bits per heavy atom. The molecule has 68 valence electrons. The van der Waals surface area contributed by atoms with Crippen molar-refractivity contribution >= 4 is 33.2 Å². The molecule has 1 nitrogen and oxygen atoms in total. The summed E-state index contributed by atoms with van der Waals surface area (Å²) in [5, 5.41) is 1.92. The number of benzene rings is 1. The third-order valence-electron chi connectivity index (χ3n) is 2.03. The van der Waals surface area contributed by atoms with E-state index in [1.165, 1.54) is 10.3 Å². The Morgan fingerprint density at radius 3 is 2.92 bits per heavy atom. The minimum atomic E-state index is 0.813. The van der Waals surface area contributed by atoms with Crippen LogP contribution in [0.2, 0.25) is 5.02 Å². The van der Waals surface area contributed by atoms with E-state index in [0.29, 0.717) is 0 Å². The minimum absolute atomic E-state index is 0.813. The number of hydrogen-bond acceptors (Lipinski definition) is 2. The fourth-order valence-electron chi connectivity index (χ4n) is 1.44. The highest BCUT2D eigenvalue weighted by atomic mass is 35.5. The Hall–Kier alpha value is -0.600. The van der Waals surface area contributed by atoms with E-state index in [1.54, 1.807) is 11.3 Å². The molecule has 0 aliphatic carbocycles. The molecule has 2 rings (SSSR count). The lowest BCUT2D eigenvalue weighted by Gasteiger charge is -1.98. The SMILES string of the molecule is CCc1cc(Cl)cc2sc(C)nc12. The van der Waals surface area contributed by atoms with Crippen molar-refractivity contribution in [2.45, 2.75) is 20.3 Å². The van der Waals surface area contributed by atoms with Crippen LogP contribution in [0.3, 0.4) is 0 Å². The maximum absolute atomic E-state index is 5.99. The van der Waals surface area contributed by atoms with Crippen molar-refractivity contribution in [3.63, 3.8) is 0 Å². The molecule has 0 fully saturated rings. The zero-order valence-electron chi connectivity index (χ0n) is 7.60. The molecular formula is C10H10ClNS. The van der Waals surface area contributed by atoms with Crippen LogP contribution < -0.4 is 0 Å². The number of fused-ring (bicyclic) bond motifs is 1. The summed E-state index contributed by atoms with van der Waals surface area (Å²) in [5.41, 5.74) is 2.36. The second kappa shape index (κ2) is 3.28. The number of aromatic nitrogens is 1. The van der Waals surface area contributed by atoms with E-state index in [1.807, 2.05) is 19.1 Å². The average molecular weight is 212 g/mol. The van der Waals surface area contributed by atoms with Crippen molar-refractivity contribution in [3.8, 4) is 0 Å². The highest BCUT2D eigenvalue weighted by Gasteiger charge is 2.06. The Balaban J connectivity index is 2.80. The Bertz CT molecular complexity index is 447. The second-order valence-electron chi connectivity index (χ2n) is 3.00. The van der Waals surface area contributed by atoms with Gasteiger partial charge in [0.25, 0.3) is 0 Å². The first kappa shape index (κ1) is 8.97. The molecule has 0 saturated heterocycles. The van der Waals surface area contributed by atoms with Gasteiger partial charge >= 0.3 is 0 Å². The Morgan fingerprint density at radius 1 is 1.46 bits per heavy atom. The molecule has 0 radical (unpaired) electrons. The summed E-state index contributed by atoms with van der Waals surface area (Å²) in [6, 6.07) is 3.99. The molecule has 0 amide bonds. The van der Waals surface area contributed by atoms with Crippen LogP contribution in [-0.2, 0) is 6.42 Å². The molecule has 0 bridgehead atoms. The quantitative estimate of drug-likeness (QED) is 0.699. The highest BCUT2D eigenvalue weighted by Crippen LogP contribution is 2.28. The van der Waals surface area contributed by atoms with Crippen LogP contribution in [0.1, 0.15) is 17.5 Å². The summed E-state index contributed by atoms with van der Waals surface area (Å²) < 4.78 is 1.20. The van der Waals surface area contributed by atoms with E-state index in [9.17, 15) is 0 Å². The van der Waals surface area contributed by atoms with Gasteiger partial charge in [-0.05, 0) is 31.0 Å². The largest absolute Gasteiger partial charge is 0.241 e. The molecule has 1 aromatic carbocycles. The molecule has 0 aliphatic rings. The second-order valence-corrected chi connectivity index (χ2v) is 4.67. The van der Waals surface area contributed by atoms with Crippen molar-refractivity contribution < 1.29 is 0 Å². The summed E-state index contributed by atoms with van der Waals surface area (Å²) in [6.07, 6.45) is 0.986. The topological polar surface area (TPSA) is 12.9 Å². The zero-order valence-corrected chi connectivity index (χ0v) is 9.17. The lowest BCUT2D eigenvalue weighted by molar-refractivity contribution is 1.14. The highest BCUT2D eigenvalue weighted by molar-refractivity contribution is 7.18. The maximum atomic E-state index is 5.99. The molecule has 3 heteroatoms. The van der Waals surface area contributed by atoms with Gasteiger partial charge < -0.3 is 0 Å². The average Bonchev–Trinajstić information content (AvgIpc) is 2.43. The number of thiazole rings is 1. The molecular weight excluding hydrogens is 202 g/mol. The molecule has 1 heterocycles. The minimum Gasteiger partial charge on any atom is -0.241 e. The van der Waals surface area contributed by atoms with Crippen molar-refractivity contribution in [2.24, 2.45) is 0 Å². The number of rotatable bonds is 1. The third kappa shape index (κ3) is 1.56. The molecule has 0 saturated carbocycles. The van der Waals surface area contributed by atoms with Gasteiger partial charge in [-0.15, -0.1) is 11.3 Å². The molecule has 0 spiro atoms. The molecule has 0 atom stereocenters. The Labute approximate surface area is 86.4 Å². The number of halogens is 1. The van der Waals surface area contributed by atoms with Crippen molar-refractivity contribution in [1.29, 1.82) is 0 Å². The van der Waals surface area contributed by atoms with Crippen molar-refractivity contribution in [2.75, 3.05) is 0 Å².